The average molecular weight is 444 g/mol. The monoisotopic (exact) mass is 443 g/mol. The van der Waals surface area contributed by atoms with Crippen molar-refractivity contribution in [3.8, 4) is 16.9 Å². The summed E-state index contributed by atoms with van der Waals surface area (Å²) >= 11 is 0. The van der Waals surface area contributed by atoms with Gasteiger partial charge in [0.2, 0.25) is 0 Å². The highest BCUT2D eigenvalue weighted by atomic mass is 16.2. The number of carbonyl (C=O) groups excluding carboxylic acids is 3. The van der Waals surface area contributed by atoms with E-state index in [9.17, 15) is 14.4 Å². The van der Waals surface area contributed by atoms with E-state index in [0.29, 0.717) is 30.9 Å². The van der Waals surface area contributed by atoms with Crippen LogP contribution in [0.5, 0.6) is 0 Å². The van der Waals surface area contributed by atoms with Crippen molar-refractivity contribution in [3.05, 3.63) is 71.9 Å². The maximum atomic E-state index is 13.7. The van der Waals surface area contributed by atoms with Gasteiger partial charge in [-0.25, -0.2) is 9.48 Å². The van der Waals surface area contributed by atoms with Crippen LogP contribution in [-0.4, -0.2) is 74.5 Å². The normalized spacial score (nSPS) is 18.1. The van der Waals surface area contributed by atoms with E-state index in [1.807, 2.05) is 61.5 Å². The van der Waals surface area contributed by atoms with Crippen molar-refractivity contribution < 1.29 is 14.4 Å². The van der Waals surface area contributed by atoms with Crippen molar-refractivity contribution in [2.75, 3.05) is 26.2 Å². The number of benzene rings is 2. The van der Waals surface area contributed by atoms with Crippen LogP contribution in [-0.2, 0) is 4.79 Å². The Kier molecular flexibility index (Phi) is 5.20. The van der Waals surface area contributed by atoms with Crippen LogP contribution in [0.2, 0.25) is 0 Å². The summed E-state index contributed by atoms with van der Waals surface area (Å²) in [6.07, 6.45) is 1.75. The number of amides is 4. The molecule has 3 aromatic rings. The Hall–Kier alpha value is -3.94. The third-order valence-corrected chi connectivity index (χ3v) is 6.30. The van der Waals surface area contributed by atoms with E-state index in [4.69, 9.17) is 5.10 Å². The zero-order valence-electron chi connectivity index (χ0n) is 18.6. The van der Waals surface area contributed by atoms with Crippen molar-refractivity contribution in [1.82, 2.24) is 24.5 Å². The molecule has 0 bridgehead atoms. The van der Waals surface area contributed by atoms with Crippen molar-refractivity contribution in [3.63, 3.8) is 0 Å². The lowest BCUT2D eigenvalue weighted by Crippen LogP contribution is -2.54. The molecule has 2 aliphatic rings. The van der Waals surface area contributed by atoms with Gasteiger partial charge in [0, 0.05) is 31.4 Å². The van der Waals surface area contributed by atoms with Crippen molar-refractivity contribution in [2.24, 2.45) is 0 Å². The molecule has 0 aliphatic carbocycles. The number of hydrogen-bond donors (Lipinski definition) is 0. The molecule has 0 saturated carbocycles. The topological polar surface area (TPSA) is 78.8 Å². The van der Waals surface area contributed by atoms with Gasteiger partial charge in [0.25, 0.3) is 11.8 Å². The Labute approximate surface area is 192 Å². The zero-order chi connectivity index (χ0) is 23.1. The molecule has 0 radical (unpaired) electrons. The van der Waals surface area contributed by atoms with E-state index < -0.39 is 6.04 Å². The van der Waals surface area contributed by atoms with Gasteiger partial charge in [-0.05, 0) is 26.0 Å². The molecule has 1 aromatic heterocycles. The second-order valence-corrected chi connectivity index (χ2v) is 8.36. The minimum Gasteiger partial charge on any atom is -0.334 e. The molecule has 0 N–H and O–H groups in total. The van der Waals surface area contributed by atoms with E-state index in [-0.39, 0.29) is 24.4 Å². The van der Waals surface area contributed by atoms with Crippen LogP contribution in [0, 0.1) is 6.92 Å². The molecule has 2 saturated heterocycles. The summed E-state index contributed by atoms with van der Waals surface area (Å²) in [6.45, 7) is 5.03. The van der Waals surface area contributed by atoms with E-state index >= 15 is 0 Å². The maximum Gasteiger partial charge on any atom is 0.327 e. The number of hydrogen-bond acceptors (Lipinski definition) is 4. The third-order valence-electron chi connectivity index (χ3n) is 6.30. The quantitative estimate of drug-likeness (QED) is 0.581. The molecule has 1 atom stereocenters. The first-order valence-corrected chi connectivity index (χ1v) is 11.1. The number of fused-ring (bicyclic) bond motifs is 1. The number of aromatic nitrogens is 2. The predicted octanol–water partition coefficient (Wildman–Crippen LogP) is 2.96. The van der Waals surface area contributed by atoms with Crippen LogP contribution >= 0.6 is 0 Å². The molecular formula is C25H25N5O3. The lowest BCUT2D eigenvalue weighted by Gasteiger charge is -2.35. The molecule has 0 spiro atoms. The number of imide groups is 1. The Balaban J connectivity index is 1.49. The maximum absolute atomic E-state index is 13.7. The van der Waals surface area contributed by atoms with Crippen molar-refractivity contribution >= 4 is 17.8 Å². The van der Waals surface area contributed by atoms with Crippen molar-refractivity contribution in [1.29, 1.82) is 0 Å². The number of nitrogens with zero attached hydrogens (tertiary/aromatic N) is 5. The minimum absolute atomic E-state index is 0.184. The molecular weight excluding hydrogens is 418 g/mol. The summed E-state index contributed by atoms with van der Waals surface area (Å²) in [7, 11) is 0. The van der Waals surface area contributed by atoms with Gasteiger partial charge in [-0.2, -0.15) is 5.10 Å². The van der Waals surface area contributed by atoms with Crippen LogP contribution in [0.1, 0.15) is 22.8 Å². The van der Waals surface area contributed by atoms with E-state index in [1.54, 1.807) is 27.6 Å². The van der Waals surface area contributed by atoms with Gasteiger partial charge < -0.3 is 9.80 Å². The third kappa shape index (κ3) is 3.57. The van der Waals surface area contributed by atoms with Crippen LogP contribution in [0.15, 0.2) is 60.8 Å². The van der Waals surface area contributed by atoms with Gasteiger partial charge in [-0.3, -0.25) is 14.5 Å². The largest absolute Gasteiger partial charge is 0.334 e. The van der Waals surface area contributed by atoms with Gasteiger partial charge in [-0.1, -0.05) is 48.0 Å². The van der Waals surface area contributed by atoms with E-state index in [1.165, 1.54) is 4.90 Å². The van der Waals surface area contributed by atoms with Crippen LogP contribution in [0.4, 0.5) is 4.79 Å². The fourth-order valence-corrected chi connectivity index (χ4v) is 4.47. The first kappa shape index (κ1) is 20.9. The molecule has 5 rings (SSSR count). The predicted molar refractivity (Wildman–Crippen MR) is 123 cm³/mol. The molecule has 2 aromatic carbocycles. The molecule has 3 heterocycles. The highest BCUT2D eigenvalue weighted by Gasteiger charge is 2.47. The SMILES string of the molecule is CCN1C(=O)[C@H]2CN(C(=O)c3cn(-c4ccc(C)cc4)nc3-c3ccccc3)CCN2C1=O. The number of piperazine rings is 1. The van der Waals surface area contributed by atoms with Gasteiger partial charge in [0.05, 0.1) is 17.8 Å². The second-order valence-electron chi connectivity index (χ2n) is 8.36. The standard InChI is InChI=1S/C25H25N5O3/c1-3-28-24(32)21-16-27(13-14-29(21)25(28)33)23(31)20-15-30(19-11-9-17(2)10-12-19)26-22(20)18-7-5-4-6-8-18/h4-12,15,21H,3,13-14,16H2,1-2H3/t21-/m1/s1. The fourth-order valence-electron chi connectivity index (χ4n) is 4.47. The lowest BCUT2D eigenvalue weighted by molar-refractivity contribution is -0.129. The molecule has 4 amide bonds. The van der Waals surface area contributed by atoms with Crippen LogP contribution in [0.25, 0.3) is 16.9 Å². The zero-order valence-corrected chi connectivity index (χ0v) is 18.6. The average Bonchev–Trinajstić information content (AvgIpc) is 3.39. The molecule has 168 valence electrons. The molecule has 2 aliphatic heterocycles. The van der Waals surface area contributed by atoms with Gasteiger partial charge in [0.1, 0.15) is 11.7 Å². The number of carbonyl (C=O) groups is 3. The van der Waals surface area contributed by atoms with Gasteiger partial charge >= 0.3 is 6.03 Å². The molecule has 0 unspecified atom stereocenters. The van der Waals surface area contributed by atoms with Gasteiger partial charge in [-0.15, -0.1) is 0 Å². The smallest absolute Gasteiger partial charge is 0.327 e. The Morgan fingerprint density at radius 1 is 1.03 bits per heavy atom. The Morgan fingerprint density at radius 2 is 1.76 bits per heavy atom. The summed E-state index contributed by atoms with van der Waals surface area (Å²) in [4.78, 5) is 43.3. The number of aryl methyl sites for hydroxylation is 1. The van der Waals surface area contributed by atoms with Crippen LogP contribution < -0.4 is 0 Å². The first-order valence-electron chi connectivity index (χ1n) is 11.1. The molecule has 8 nitrogen and oxygen atoms in total. The summed E-state index contributed by atoms with van der Waals surface area (Å²) in [5, 5.41) is 4.74. The molecule has 8 heteroatoms. The first-order chi connectivity index (χ1) is 16.0. The second kappa shape index (κ2) is 8.20. The number of rotatable bonds is 4. The molecule has 2 fully saturated rings. The number of likely N-dealkylation sites (N-methyl/N-ethyl adjacent to an activating group) is 1. The summed E-state index contributed by atoms with van der Waals surface area (Å²) in [6, 6.07) is 16.6. The summed E-state index contributed by atoms with van der Waals surface area (Å²) in [5.41, 5.74) is 3.90. The summed E-state index contributed by atoms with van der Waals surface area (Å²) < 4.78 is 1.72. The van der Waals surface area contributed by atoms with E-state index in [0.717, 1.165) is 16.8 Å². The minimum atomic E-state index is -0.623. The fraction of sp³-hybridized carbons (Fsp3) is 0.280. The number of urea groups is 1. The highest BCUT2D eigenvalue weighted by Crippen LogP contribution is 2.28. The van der Waals surface area contributed by atoms with Crippen molar-refractivity contribution in [2.45, 2.75) is 19.9 Å². The Bertz CT molecular complexity index is 1220. The Morgan fingerprint density at radius 3 is 2.45 bits per heavy atom. The summed E-state index contributed by atoms with van der Waals surface area (Å²) in [5.74, 6) is -0.430. The lowest BCUT2D eigenvalue weighted by atomic mass is 10.1. The van der Waals surface area contributed by atoms with E-state index in [2.05, 4.69) is 0 Å². The highest BCUT2D eigenvalue weighted by molar-refractivity contribution is 6.05. The molecule has 33 heavy (non-hydrogen) atoms. The van der Waals surface area contributed by atoms with Gasteiger partial charge in [0.15, 0.2) is 0 Å². The van der Waals surface area contributed by atoms with Crippen LogP contribution in [0.3, 0.4) is 0 Å².